The summed E-state index contributed by atoms with van der Waals surface area (Å²) in [5, 5.41) is 2.74. The van der Waals surface area contributed by atoms with Gasteiger partial charge in [0.05, 0.1) is 5.56 Å². The van der Waals surface area contributed by atoms with Crippen LogP contribution in [0.4, 0.5) is 0 Å². The first kappa shape index (κ1) is 12.3. The molecule has 2 nitrogen and oxygen atoms in total. The fourth-order valence-corrected chi connectivity index (χ4v) is 1.80. The van der Waals surface area contributed by atoms with Crippen LogP contribution in [-0.4, -0.2) is 12.5 Å². The van der Waals surface area contributed by atoms with Gasteiger partial charge in [-0.05, 0) is 34.1 Å². The number of rotatable bonds is 3. The molecule has 0 spiro atoms. The van der Waals surface area contributed by atoms with E-state index in [9.17, 15) is 4.79 Å². The van der Waals surface area contributed by atoms with E-state index in [0.29, 0.717) is 18.5 Å². The predicted octanol–water partition coefficient (Wildman–Crippen LogP) is 2.96. The molecule has 1 amide bonds. The highest BCUT2D eigenvalue weighted by molar-refractivity contribution is 9.11. The van der Waals surface area contributed by atoms with E-state index in [2.05, 4.69) is 43.1 Å². The smallest absolute Gasteiger partial charge is 0.252 e. The zero-order valence-electron chi connectivity index (χ0n) is 7.89. The molecule has 0 aliphatic heterocycles. The van der Waals surface area contributed by atoms with Crippen molar-refractivity contribution in [3.63, 3.8) is 0 Å². The van der Waals surface area contributed by atoms with Crippen LogP contribution in [0.1, 0.15) is 16.8 Å². The summed E-state index contributed by atoms with van der Waals surface area (Å²) in [7, 11) is 0. The third-order valence-corrected chi connectivity index (χ3v) is 2.91. The SMILES string of the molecule is C#CCCNC(=O)c1cc(Br)ccc1Br. The number of hydrogen-bond acceptors (Lipinski definition) is 1. The van der Waals surface area contributed by atoms with Crippen molar-refractivity contribution in [3.05, 3.63) is 32.7 Å². The predicted molar refractivity (Wildman–Crippen MR) is 67.6 cm³/mol. The molecule has 1 rings (SSSR count). The van der Waals surface area contributed by atoms with Gasteiger partial charge in [-0.2, -0.15) is 0 Å². The monoisotopic (exact) mass is 329 g/mol. The Balaban J connectivity index is 2.73. The second kappa shape index (κ2) is 5.94. The Morgan fingerprint density at radius 3 is 2.87 bits per heavy atom. The van der Waals surface area contributed by atoms with E-state index in [1.54, 1.807) is 6.07 Å². The number of halogens is 2. The van der Waals surface area contributed by atoms with E-state index < -0.39 is 0 Å². The van der Waals surface area contributed by atoms with Crippen LogP contribution in [0.5, 0.6) is 0 Å². The van der Waals surface area contributed by atoms with Crippen molar-refractivity contribution in [2.45, 2.75) is 6.42 Å². The fourth-order valence-electron chi connectivity index (χ4n) is 1.01. The van der Waals surface area contributed by atoms with Crippen LogP contribution in [0.25, 0.3) is 0 Å². The minimum absolute atomic E-state index is 0.126. The third-order valence-electron chi connectivity index (χ3n) is 1.73. The van der Waals surface area contributed by atoms with Crippen molar-refractivity contribution >= 4 is 37.8 Å². The van der Waals surface area contributed by atoms with Gasteiger partial charge in [-0.25, -0.2) is 0 Å². The normalized spacial score (nSPS) is 9.40. The first-order chi connectivity index (χ1) is 7.15. The Labute approximate surface area is 106 Å². The third kappa shape index (κ3) is 3.69. The van der Waals surface area contributed by atoms with Crippen LogP contribution in [0.15, 0.2) is 27.1 Å². The van der Waals surface area contributed by atoms with Gasteiger partial charge in [-0.3, -0.25) is 4.79 Å². The van der Waals surface area contributed by atoms with Gasteiger partial charge < -0.3 is 5.32 Å². The molecule has 0 aromatic heterocycles. The molecular formula is C11H9Br2NO. The summed E-state index contributed by atoms with van der Waals surface area (Å²) in [5.74, 6) is 2.34. The molecule has 0 aliphatic carbocycles. The molecule has 4 heteroatoms. The number of amides is 1. The summed E-state index contributed by atoms with van der Waals surface area (Å²) in [6.07, 6.45) is 5.63. The molecule has 0 radical (unpaired) electrons. The largest absolute Gasteiger partial charge is 0.351 e. The van der Waals surface area contributed by atoms with Crippen molar-refractivity contribution in [3.8, 4) is 12.3 Å². The van der Waals surface area contributed by atoms with Crippen LogP contribution >= 0.6 is 31.9 Å². The second-order valence-electron chi connectivity index (χ2n) is 2.83. The van der Waals surface area contributed by atoms with E-state index in [0.717, 1.165) is 8.95 Å². The van der Waals surface area contributed by atoms with Crippen LogP contribution in [-0.2, 0) is 0 Å². The van der Waals surface area contributed by atoms with Crippen molar-refractivity contribution in [2.24, 2.45) is 0 Å². The molecule has 0 heterocycles. The van der Waals surface area contributed by atoms with E-state index in [1.165, 1.54) is 0 Å². The van der Waals surface area contributed by atoms with Crippen LogP contribution < -0.4 is 5.32 Å². The number of terminal acetylenes is 1. The lowest BCUT2D eigenvalue weighted by molar-refractivity contribution is 0.0953. The topological polar surface area (TPSA) is 29.1 Å². The molecule has 0 unspecified atom stereocenters. The van der Waals surface area contributed by atoms with Gasteiger partial charge in [0.2, 0.25) is 0 Å². The Hall–Kier alpha value is -0.790. The van der Waals surface area contributed by atoms with E-state index in [1.807, 2.05) is 12.1 Å². The first-order valence-electron chi connectivity index (χ1n) is 4.32. The number of benzene rings is 1. The summed E-state index contributed by atoms with van der Waals surface area (Å²) in [6, 6.07) is 5.44. The Bertz CT molecular complexity index is 410. The average molecular weight is 331 g/mol. The highest BCUT2D eigenvalue weighted by atomic mass is 79.9. The van der Waals surface area contributed by atoms with Crippen LogP contribution in [0.3, 0.4) is 0 Å². The quantitative estimate of drug-likeness (QED) is 0.670. The standard InChI is InChI=1S/C11H9Br2NO/c1-2-3-6-14-11(15)9-7-8(12)4-5-10(9)13/h1,4-5,7H,3,6H2,(H,14,15). The molecule has 1 aromatic rings. The molecule has 0 fully saturated rings. The summed E-state index contributed by atoms with van der Waals surface area (Å²) in [4.78, 5) is 11.7. The van der Waals surface area contributed by atoms with Crippen molar-refractivity contribution < 1.29 is 4.79 Å². The molecule has 0 saturated heterocycles. The number of hydrogen-bond donors (Lipinski definition) is 1. The van der Waals surface area contributed by atoms with Crippen molar-refractivity contribution in [1.29, 1.82) is 0 Å². The Morgan fingerprint density at radius 1 is 1.47 bits per heavy atom. The Morgan fingerprint density at radius 2 is 2.20 bits per heavy atom. The average Bonchev–Trinajstić information content (AvgIpc) is 2.22. The maximum absolute atomic E-state index is 11.7. The lowest BCUT2D eigenvalue weighted by Crippen LogP contribution is -2.24. The van der Waals surface area contributed by atoms with Gasteiger partial charge in [0, 0.05) is 21.9 Å². The molecule has 1 aromatic carbocycles. The summed E-state index contributed by atoms with van der Waals surface area (Å²) in [6.45, 7) is 0.494. The molecule has 78 valence electrons. The minimum Gasteiger partial charge on any atom is -0.351 e. The van der Waals surface area contributed by atoms with Gasteiger partial charge in [0.1, 0.15) is 0 Å². The lowest BCUT2D eigenvalue weighted by Gasteiger charge is -2.05. The fraction of sp³-hybridized carbons (Fsp3) is 0.182. The lowest BCUT2D eigenvalue weighted by atomic mass is 10.2. The van der Waals surface area contributed by atoms with Crippen molar-refractivity contribution in [1.82, 2.24) is 5.32 Å². The van der Waals surface area contributed by atoms with E-state index in [4.69, 9.17) is 6.42 Å². The maximum atomic E-state index is 11.7. The van der Waals surface area contributed by atoms with Gasteiger partial charge in [0.25, 0.3) is 5.91 Å². The molecule has 0 saturated carbocycles. The van der Waals surface area contributed by atoms with Crippen LogP contribution in [0, 0.1) is 12.3 Å². The van der Waals surface area contributed by atoms with Crippen molar-refractivity contribution in [2.75, 3.05) is 6.54 Å². The molecule has 0 atom stereocenters. The van der Waals surface area contributed by atoms with Gasteiger partial charge >= 0.3 is 0 Å². The molecule has 0 aliphatic rings. The number of nitrogens with one attached hydrogen (secondary N) is 1. The molecule has 0 bridgehead atoms. The minimum atomic E-state index is -0.126. The molecular weight excluding hydrogens is 322 g/mol. The number of carbonyl (C=O) groups is 1. The first-order valence-corrected chi connectivity index (χ1v) is 5.90. The second-order valence-corrected chi connectivity index (χ2v) is 4.60. The molecule has 15 heavy (non-hydrogen) atoms. The highest BCUT2D eigenvalue weighted by Gasteiger charge is 2.09. The van der Waals surface area contributed by atoms with E-state index in [-0.39, 0.29) is 5.91 Å². The molecule has 1 N–H and O–H groups in total. The van der Waals surface area contributed by atoms with Crippen LogP contribution in [0.2, 0.25) is 0 Å². The van der Waals surface area contributed by atoms with E-state index >= 15 is 0 Å². The maximum Gasteiger partial charge on any atom is 0.252 e. The van der Waals surface area contributed by atoms with Gasteiger partial charge in [-0.1, -0.05) is 15.9 Å². The zero-order valence-corrected chi connectivity index (χ0v) is 11.1. The Kier molecular flexibility index (Phi) is 4.86. The summed E-state index contributed by atoms with van der Waals surface area (Å²) < 4.78 is 1.64. The van der Waals surface area contributed by atoms with Gasteiger partial charge in [0.15, 0.2) is 0 Å². The number of carbonyl (C=O) groups excluding carboxylic acids is 1. The highest BCUT2D eigenvalue weighted by Crippen LogP contribution is 2.21. The zero-order chi connectivity index (χ0) is 11.3. The van der Waals surface area contributed by atoms with Gasteiger partial charge in [-0.15, -0.1) is 12.3 Å². The summed E-state index contributed by atoms with van der Waals surface area (Å²) >= 11 is 6.63. The summed E-state index contributed by atoms with van der Waals surface area (Å²) in [5.41, 5.74) is 0.599.